The van der Waals surface area contributed by atoms with Gasteiger partial charge < -0.3 is 30.1 Å². The minimum absolute atomic E-state index is 0. The Morgan fingerprint density at radius 3 is 2.31 bits per heavy atom. The van der Waals surface area contributed by atoms with Gasteiger partial charge in [-0.1, -0.05) is 66.8 Å². The van der Waals surface area contributed by atoms with Crippen LogP contribution in [-0.2, 0) is 16.0 Å². The zero-order valence-electron chi connectivity index (χ0n) is 25.0. The van der Waals surface area contributed by atoms with Crippen molar-refractivity contribution in [3.8, 4) is 0 Å². The number of nitrogens with zero attached hydrogens (tertiary/aromatic N) is 4. The Balaban J connectivity index is 0.00000353. The van der Waals surface area contributed by atoms with Crippen LogP contribution in [0.15, 0.2) is 17.7 Å². The monoisotopic (exact) mass is 572 g/mol. The SMILES string of the molecule is CCc1c(C)/c2[n-]/c1=C\c1[n-]c3c(c1C)C(=O)[C@H](C(=O)OC)/C3=C1/[N-]/C(=C\c3[n-]c(c(/C=C\O)c3C)\C=2)[C@@H](C)[C@@H]1C.[Mg+2]. The number of allylic oxidation sites excluding steroid dienone is 2. The first-order valence-electron chi connectivity index (χ1n) is 13.9. The molecule has 0 spiro atoms. The van der Waals surface area contributed by atoms with E-state index in [1.165, 1.54) is 7.11 Å². The van der Waals surface area contributed by atoms with Crippen LogP contribution in [0.25, 0.3) is 35.2 Å². The molecule has 2 aliphatic heterocycles. The fourth-order valence-electron chi connectivity index (χ4n) is 6.40. The van der Waals surface area contributed by atoms with Gasteiger partial charge in [0.25, 0.3) is 0 Å². The Bertz CT molecular complexity index is 1860. The summed E-state index contributed by atoms with van der Waals surface area (Å²) in [6.45, 7) is 12.1. The molecule has 6 rings (SSSR count). The quantitative estimate of drug-likeness (QED) is 0.220. The number of aliphatic hydroxyl groups is 1. The van der Waals surface area contributed by atoms with Crippen LogP contribution >= 0.6 is 0 Å². The van der Waals surface area contributed by atoms with E-state index in [0.29, 0.717) is 33.9 Å². The molecular formula is C33H32MgN4O4-2. The second-order valence-electron chi connectivity index (χ2n) is 11.1. The van der Waals surface area contributed by atoms with Gasteiger partial charge in [-0.05, 0) is 50.7 Å². The van der Waals surface area contributed by atoms with Gasteiger partial charge in [0, 0.05) is 5.56 Å². The van der Waals surface area contributed by atoms with Crippen molar-refractivity contribution in [2.24, 2.45) is 17.8 Å². The van der Waals surface area contributed by atoms with Crippen molar-refractivity contribution >= 4 is 64.7 Å². The molecule has 1 fully saturated rings. The third kappa shape index (κ3) is 4.24. The summed E-state index contributed by atoms with van der Waals surface area (Å²) in [5.74, 6) is -2.09. The average Bonchev–Trinajstić information content (AvgIpc) is 3.68. The van der Waals surface area contributed by atoms with E-state index in [1.54, 1.807) is 6.08 Å². The topological polar surface area (TPSA) is 120 Å². The van der Waals surface area contributed by atoms with Crippen molar-refractivity contribution < 1.29 is 19.4 Å². The molecule has 0 amide bonds. The Kier molecular flexibility index (Phi) is 7.70. The molecule has 0 aromatic carbocycles. The normalized spacial score (nSPS) is 25.3. The van der Waals surface area contributed by atoms with E-state index in [-0.39, 0.29) is 40.7 Å². The fraction of sp³-hybridized carbons (Fsp3) is 0.333. The van der Waals surface area contributed by atoms with E-state index < -0.39 is 11.9 Å². The number of ketones is 1. The summed E-state index contributed by atoms with van der Waals surface area (Å²) in [6.07, 6.45) is 9.28. The minimum Gasteiger partial charge on any atom is -0.664 e. The minimum atomic E-state index is -1.10. The maximum Gasteiger partial charge on any atom is 2.00 e. The standard InChI is InChI=1S/C33H33N4O4.Mg/c1-8-19-16(4)23-12-26-20(9-10-38)17(5)22(35-26)11-21-14(2)15(3)30(36-21)28-29(33(40)41-7)32(39)27-18(6)24(37-31(27)28)13-25(19)34-23;/h9-15,29H,8H2,1-7H3,(H2-,36,37,38,39);/q-3;+2/p-1/b10-9-,21-11-,23-12-,25-13-;/t14-,15-,29+;/m0./s1. The van der Waals surface area contributed by atoms with E-state index in [4.69, 9.17) is 25.0 Å². The summed E-state index contributed by atoms with van der Waals surface area (Å²) in [4.78, 5) is 41.7. The number of methoxy groups -OCH3 is 1. The number of aliphatic hydroxyl groups excluding tert-OH is 1. The Morgan fingerprint density at radius 2 is 1.64 bits per heavy atom. The number of carbonyl (C=O) groups is 2. The van der Waals surface area contributed by atoms with Crippen LogP contribution < -0.4 is 25.7 Å². The van der Waals surface area contributed by atoms with E-state index in [2.05, 4.69) is 20.8 Å². The second kappa shape index (κ2) is 10.9. The molecule has 0 radical (unpaired) electrons. The molecule has 9 heteroatoms. The van der Waals surface area contributed by atoms with Gasteiger partial charge in [-0.15, -0.1) is 33.5 Å². The van der Waals surface area contributed by atoms with Crippen molar-refractivity contribution in [3.63, 3.8) is 0 Å². The van der Waals surface area contributed by atoms with Gasteiger partial charge in [-0.3, -0.25) is 9.59 Å². The Labute approximate surface area is 260 Å². The van der Waals surface area contributed by atoms with Crippen LogP contribution in [0.2, 0.25) is 0 Å². The van der Waals surface area contributed by atoms with Crippen LogP contribution in [-0.4, -0.2) is 47.0 Å². The van der Waals surface area contributed by atoms with Crippen LogP contribution in [0.3, 0.4) is 0 Å². The third-order valence-electron chi connectivity index (χ3n) is 9.01. The van der Waals surface area contributed by atoms with Crippen LogP contribution in [0.5, 0.6) is 0 Å². The van der Waals surface area contributed by atoms with Crippen LogP contribution in [0.1, 0.15) is 81.7 Å². The zero-order chi connectivity index (χ0) is 29.3. The molecular weight excluding hydrogens is 541 g/mol. The summed E-state index contributed by atoms with van der Waals surface area (Å²) in [5.41, 5.74) is 9.63. The average molecular weight is 573 g/mol. The summed E-state index contributed by atoms with van der Waals surface area (Å²) >= 11 is 0. The molecule has 8 nitrogen and oxygen atoms in total. The molecule has 1 aliphatic carbocycles. The summed E-state index contributed by atoms with van der Waals surface area (Å²) in [6, 6.07) is 0. The fourth-order valence-corrected chi connectivity index (χ4v) is 6.40. The first-order chi connectivity index (χ1) is 19.6. The van der Waals surface area contributed by atoms with E-state index in [9.17, 15) is 14.7 Å². The van der Waals surface area contributed by atoms with E-state index in [0.717, 1.165) is 62.6 Å². The number of Topliss-reactive ketones (excluding diaryl/α,β-unsaturated/α-hetero) is 1. The first kappa shape index (κ1) is 29.8. The van der Waals surface area contributed by atoms with Crippen LogP contribution in [0, 0.1) is 38.5 Å². The Hall–Kier alpha value is -3.69. The van der Waals surface area contributed by atoms with Crippen molar-refractivity contribution in [1.29, 1.82) is 0 Å². The predicted molar refractivity (Wildman–Crippen MR) is 163 cm³/mol. The van der Waals surface area contributed by atoms with Crippen LogP contribution in [0.4, 0.5) is 0 Å². The van der Waals surface area contributed by atoms with E-state index >= 15 is 0 Å². The molecule has 1 saturated heterocycles. The largest absolute Gasteiger partial charge is 2.00 e. The molecule has 5 heterocycles. The maximum atomic E-state index is 13.8. The van der Waals surface area contributed by atoms with Gasteiger partial charge >= 0.3 is 29.0 Å². The number of esters is 1. The molecule has 1 N–H and O–H groups in total. The first-order valence-corrected chi connectivity index (χ1v) is 13.9. The van der Waals surface area contributed by atoms with Crippen molar-refractivity contribution in [3.05, 3.63) is 89.8 Å². The molecule has 0 unspecified atom stereocenters. The number of aromatic nitrogens is 3. The summed E-state index contributed by atoms with van der Waals surface area (Å²) in [7, 11) is 1.30. The molecule has 3 aromatic rings. The molecule has 0 saturated carbocycles. The number of ether oxygens (including phenoxy) is 1. The number of carbonyl (C=O) groups excluding carboxylic acids is 2. The molecule has 3 atom stereocenters. The van der Waals surface area contributed by atoms with Gasteiger partial charge in [0.15, 0.2) is 5.78 Å². The molecule has 212 valence electrons. The van der Waals surface area contributed by atoms with Gasteiger partial charge in [0.1, 0.15) is 5.92 Å². The van der Waals surface area contributed by atoms with Gasteiger partial charge in [0.05, 0.1) is 13.4 Å². The number of rotatable bonds is 3. The van der Waals surface area contributed by atoms with Gasteiger partial charge in [0.2, 0.25) is 0 Å². The molecule has 3 aliphatic rings. The smallest absolute Gasteiger partial charge is 0.664 e. The summed E-state index contributed by atoms with van der Waals surface area (Å²) < 4.78 is 5.10. The predicted octanol–water partition coefficient (Wildman–Crippen LogP) is 3.56. The molecule has 3 aromatic heterocycles. The van der Waals surface area contributed by atoms with E-state index in [1.807, 2.05) is 39.0 Å². The van der Waals surface area contributed by atoms with Crippen molar-refractivity contribution in [2.75, 3.05) is 7.11 Å². The third-order valence-corrected chi connectivity index (χ3v) is 9.01. The molecule has 42 heavy (non-hydrogen) atoms. The van der Waals surface area contributed by atoms with Gasteiger partial charge in [-0.2, -0.15) is 11.4 Å². The number of fused-ring (bicyclic) bond motifs is 7. The second-order valence-corrected chi connectivity index (χ2v) is 11.1. The number of hydrogen-bond donors (Lipinski definition) is 1. The van der Waals surface area contributed by atoms with Crippen molar-refractivity contribution in [1.82, 2.24) is 15.0 Å². The molecule has 8 bridgehead atoms. The number of hydrogen-bond acceptors (Lipinski definition) is 4. The Morgan fingerprint density at radius 1 is 0.952 bits per heavy atom. The van der Waals surface area contributed by atoms with Crippen molar-refractivity contribution in [2.45, 2.75) is 48.0 Å². The van der Waals surface area contributed by atoms with Gasteiger partial charge in [-0.25, -0.2) is 0 Å². The zero-order valence-corrected chi connectivity index (χ0v) is 26.4. The maximum absolute atomic E-state index is 13.8. The summed E-state index contributed by atoms with van der Waals surface area (Å²) in [5, 5.41) is 16.3.